The standard InChI is InChI=1S/C8H9BrF2N2/c1-4-6(8(10)11)5(2-12)3-13-7(4)9/h3,8H,2,12H2,1H3. The summed E-state index contributed by atoms with van der Waals surface area (Å²) in [6.07, 6.45) is -1.13. The van der Waals surface area contributed by atoms with Crippen LogP contribution in [0.4, 0.5) is 8.78 Å². The van der Waals surface area contributed by atoms with Crippen molar-refractivity contribution >= 4 is 15.9 Å². The molecule has 0 unspecified atom stereocenters. The highest BCUT2D eigenvalue weighted by Gasteiger charge is 2.17. The van der Waals surface area contributed by atoms with Crippen LogP contribution in [0.3, 0.4) is 0 Å². The lowest BCUT2D eigenvalue weighted by Gasteiger charge is -2.10. The van der Waals surface area contributed by atoms with Crippen LogP contribution < -0.4 is 5.73 Å². The highest BCUT2D eigenvalue weighted by Crippen LogP contribution is 2.29. The molecule has 13 heavy (non-hydrogen) atoms. The SMILES string of the molecule is Cc1c(Br)ncc(CN)c1C(F)F. The van der Waals surface area contributed by atoms with Crippen LogP contribution in [0.2, 0.25) is 0 Å². The zero-order valence-corrected chi connectivity index (χ0v) is 8.61. The molecular formula is C8H9BrF2N2. The fraction of sp³-hybridized carbons (Fsp3) is 0.375. The molecule has 1 rings (SSSR count). The first-order chi connectivity index (χ1) is 6.07. The summed E-state index contributed by atoms with van der Waals surface area (Å²) in [4.78, 5) is 3.90. The maximum Gasteiger partial charge on any atom is 0.264 e. The molecule has 1 heterocycles. The average Bonchev–Trinajstić information content (AvgIpc) is 2.08. The van der Waals surface area contributed by atoms with Crippen LogP contribution in [0.5, 0.6) is 0 Å². The molecule has 5 heteroatoms. The second-order valence-corrected chi connectivity index (χ2v) is 3.37. The Hall–Kier alpha value is -0.550. The predicted molar refractivity (Wildman–Crippen MR) is 49.5 cm³/mol. The first kappa shape index (κ1) is 10.5. The molecule has 0 fully saturated rings. The van der Waals surface area contributed by atoms with E-state index in [1.165, 1.54) is 6.20 Å². The third kappa shape index (κ3) is 2.03. The van der Waals surface area contributed by atoms with Gasteiger partial charge < -0.3 is 5.73 Å². The lowest BCUT2D eigenvalue weighted by atomic mass is 10.1. The van der Waals surface area contributed by atoms with Gasteiger partial charge in [0.15, 0.2) is 0 Å². The Bertz CT molecular complexity index is 315. The van der Waals surface area contributed by atoms with Crippen LogP contribution in [0.15, 0.2) is 10.8 Å². The van der Waals surface area contributed by atoms with E-state index in [9.17, 15) is 8.78 Å². The van der Waals surface area contributed by atoms with Crippen molar-refractivity contribution in [1.82, 2.24) is 4.98 Å². The molecule has 0 amide bonds. The van der Waals surface area contributed by atoms with E-state index < -0.39 is 6.43 Å². The van der Waals surface area contributed by atoms with Gasteiger partial charge in [0.25, 0.3) is 6.43 Å². The number of nitrogens with two attached hydrogens (primary N) is 1. The number of aromatic nitrogens is 1. The van der Waals surface area contributed by atoms with Crippen molar-refractivity contribution < 1.29 is 8.78 Å². The zero-order chi connectivity index (χ0) is 10.0. The van der Waals surface area contributed by atoms with Gasteiger partial charge >= 0.3 is 0 Å². The van der Waals surface area contributed by atoms with Gasteiger partial charge in [-0.1, -0.05) is 0 Å². The van der Waals surface area contributed by atoms with Gasteiger partial charge in [-0.3, -0.25) is 0 Å². The van der Waals surface area contributed by atoms with Gasteiger partial charge in [0, 0.05) is 18.3 Å². The van der Waals surface area contributed by atoms with Gasteiger partial charge in [-0.25, -0.2) is 13.8 Å². The second-order valence-electron chi connectivity index (χ2n) is 2.62. The first-order valence-electron chi connectivity index (χ1n) is 3.70. The molecule has 0 aliphatic heterocycles. The quantitative estimate of drug-likeness (QED) is 0.820. The Balaban J connectivity index is 3.32. The monoisotopic (exact) mass is 250 g/mol. The molecule has 0 aromatic carbocycles. The number of alkyl halides is 2. The Labute approximate surface area is 83.3 Å². The van der Waals surface area contributed by atoms with E-state index in [1.807, 2.05) is 0 Å². The summed E-state index contributed by atoms with van der Waals surface area (Å²) in [5.41, 5.74) is 6.16. The molecule has 1 aromatic rings. The van der Waals surface area contributed by atoms with Crippen LogP contribution in [-0.4, -0.2) is 4.98 Å². The average molecular weight is 251 g/mol. The summed E-state index contributed by atoms with van der Waals surface area (Å²) in [6.45, 7) is 1.68. The molecule has 72 valence electrons. The lowest BCUT2D eigenvalue weighted by Crippen LogP contribution is -2.05. The molecule has 0 aliphatic rings. The van der Waals surface area contributed by atoms with Crippen molar-refractivity contribution in [1.29, 1.82) is 0 Å². The molecule has 0 saturated carbocycles. The third-order valence-electron chi connectivity index (χ3n) is 1.83. The highest BCUT2D eigenvalue weighted by molar-refractivity contribution is 9.10. The molecule has 0 spiro atoms. The van der Waals surface area contributed by atoms with E-state index in [2.05, 4.69) is 20.9 Å². The number of halogens is 3. The fourth-order valence-corrected chi connectivity index (χ4v) is 1.44. The Morgan fingerprint density at radius 2 is 2.23 bits per heavy atom. The van der Waals surface area contributed by atoms with E-state index >= 15 is 0 Å². The van der Waals surface area contributed by atoms with Crippen LogP contribution in [-0.2, 0) is 6.54 Å². The lowest BCUT2D eigenvalue weighted by molar-refractivity contribution is 0.149. The topological polar surface area (TPSA) is 38.9 Å². The molecule has 0 saturated heterocycles. The third-order valence-corrected chi connectivity index (χ3v) is 2.63. The molecule has 0 atom stereocenters. The highest BCUT2D eigenvalue weighted by atomic mass is 79.9. The van der Waals surface area contributed by atoms with Gasteiger partial charge in [0.05, 0.1) is 0 Å². The van der Waals surface area contributed by atoms with Crippen molar-refractivity contribution in [2.24, 2.45) is 5.73 Å². The summed E-state index contributed by atoms with van der Waals surface area (Å²) in [5.74, 6) is 0. The van der Waals surface area contributed by atoms with E-state index in [0.29, 0.717) is 15.7 Å². The summed E-state index contributed by atoms with van der Waals surface area (Å²) in [5, 5.41) is 0. The predicted octanol–water partition coefficient (Wildman–Crippen LogP) is 2.55. The first-order valence-corrected chi connectivity index (χ1v) is 4.49. The Morgan fingerprint density at radius 3 is 2.69 bits per heavy atom. The van der Waals surface area contributed by atoms with Crippen molar-refractivity contribution in [3.8, 4) is 0 Å². The van der Waals surface area contributed by atoms with Gasteiger partial charge in [-0.05, 0) is 34.0 Å². The largest absolute Gasteiger partial charge is 0.326 e. The number of hydrogen-bond acceptors (Lipinski definition) is 2. The second kappa shape index (κ2) is 4.11. The van der Waals surface area contributed by atoms with Crippen LogP contribution >= 0.6 is 15.9 Å². The van der Waals surface area contributed by atoms with Crippen LogP contribution in [0.25, 0.3) is 0 Å². The number of hydrogen-bond donors (Lipinski definition) is 1. The minimum Gasteiger partial charge on any atom is -0.326 e. The number of pyridine rings is 1. The molecule has 2 N–H and O–H groups in total. The number of rotatable bonds is 2. The maximum atomic E-state index is 12.6. The van der Waals surface area contributed by atoms with Crippen molar-refractivity contribution in [3.05, 3.63) is 27.5 Å². The Morgan fingerprint density at radius 1 is 1.62 bits per heavy atom. The summed E-state index contributed by atoms with van der Waals surface area (Å²) < 4.78 is 25.5. The van der Waals surface area contributed by atoms with Gasteiger partial charge in [0.1, 0.15) is 4.60 Å². The van der Waals surface area contributed by atoms with Crippen LogP contribution in [0, 0.1) is 6.92 Å². The Kier molecular flexibility index (Phi) is 3.33. The molecule has 1 aromatic heterocycles. The van der Waals surface area contributed by atoms with Gasteiger partial charge in [-0.2, -0.15) is 0 Å². The van der Waals surface area contributed by atoms with Gasteiger partial charge in [-0.15, -0.1) is 0 Å². The molecular weight excluding hydrogens is 242 g/mol. The molecule has 0 aliphatic carbocycles. The van der Waals surface area contributed by atoms with Gasteiger partial charge in [0.2, 0.25) is 0 Å². The molecule has 2 nitrogen and oxygen atoms in total. The van der Waals surface area contributed by atoms with Crippen molar-refractivity contribution in [2.45, 2.75) is 19.9 Å². The minimum absolute atomic E-state index is 0.00984. The molecule has 0 bridgehead atoms. The zero-order valence-electron chi connectivity index (χ0n) is 7.02. The fourth-order valence-electron chi connectivity index (χ4n) is 1.12. The normalized spacial score (nSPS) is 10.9. The van der Waals surface area contributed by atoms with E-state index in [4.69, 9.17) is 5.73 Å². The summed E-state index contributed by atoms with van der Waals surface area (Å²) in [6, 6.07) is 0. The van der Waals surface area contributed by atoms with Crippen molar-refractivity contribution in [3.63, 3.8) is 0 Å². The van der Waals surface area contributed by atoms with E-state index in [-0.39, 0.29) is 12.1 Å². The van der Waals surface area contributed by atoms with E-state index in [1.54, 1.807) is 6.92 Å². The maximum absolute atomic E-state index is 12.6. The van der Waals surface area contributed by atoms with E-state index in [0.717, 1.165) is 0 Å². The number of nitrogens with zero attached hydrogens (tertiary/aromatic N) is 1. The molecule has 0 radical (unpaired) electrons. The smallest absolute Gasteiger partial charge is 0.264 e. The summed E-state index contributed by atoms with van der Waals surface area (Å²) >= 11 is 3.09. The van der Waals surface area contributed by atoms with Crippen LogP contribution in [0.1, 0.15) is 23.1 Å². The van der Waals surface area contributed by atoms with Crippen molar-refractivity contribution in [2.75, 3.05) is 0 Å². The minimum atomic E-state index is -2.50. The summed E-state index contributed by atoms with van der Waals surface area (Å²) in [7, 11) is 0.